The lowest BCUT2D eigenvalue weighted by molar-refractivity contribution is -0.122. The molecule has 0 spiro atoms. The summed E-state index contributed by atoms with van der Waals surface area (Å²) >= 11 is 0. The third-order valence-electron chi connectivity index (χ3n) is 3.85. The van der Waals surface area contributed by atoms with Crippen molar-refractivity contribution in [2.75, 3.05) is 19.7 Å². The summed E-state index contributed by atoms with van der Waals surface area (Å²) in [6.07, 6.45) is 5.31. The molecule has 2 aliphatic rings. The van der Waals surface area contributed by atoms with Crippen LogP contribution < -0.4 is 10.6 Å². The quantitative estimate of drug-likeness (QED) is 0.755. The van der Waals surface area contributed by atoms with Crippen molar-refractivity contribution < 1.29 is 9.53 Å². The normalized spacial score (nSPS) is 30.4. The van der Waals surface area contributed by atoms with Crippen LogP contribution in [0.4, 0.5) is 0 Å². The zero-order valence-corrected chi connectivity index (χ0v) is 10.7. The maximum atomic E-state index is 11.8. The first-order valence-electron chi connectivity index (χ1n) is 6.87. The Labute approximate surface area is 103 Å². The first kappa shape index (κ1) is 12.8. The van der Waals surface area contributed by atoms with Gasteiger partial charge in [0.05, 0.1) is 12.1 Å². The first-order valence-corrected chi connectivity index (χ1v) is 6.87. The molecule has 1 amide bonds. The summed E-state index contributed by atoms with van der Waals surface area (Å²) in [6, 6.07) is 0.159. The van der Waals surface area contributed by atoms with Gasteiger partial charge in [-0.3, -0.25) is 4.79 Å². The lowest BCUT2D eigenvalue weighted by Gasteiger charge is -2.20. The van der Waals surface area contributed by atoms with E-state index in [4.69, 9.17) is 4.74 Å². The van der Waals surface area contributed by atoms with Crippen molar-refractivity contribution in [2.24, 2.45) is 5.92 Å². The Morgan fingerprint density at radius 1 is 1.53 bits per heavy atom. The van der Waals surface area contributed by atoms with Crippen molar-refractivity contribution in [2.45, 2.75) is 51.2 Å². The minimum atomic E-state index is 0.159. The number of carbonyl (C=O) groups is 1. The van der Waals surface area contributed by atoms with Crippen molar-refractivity contribution in [3.05, 3.63) is 0 Å². The number of hydrogen-bond acceptors (Lipinski definition) is 3. The van der Waals surface area contributed by atoms with Gasteiger partial charge in [-0.1, -0.05) is 0 Å². The Morgan fingerprint density at radius 2 is 2.41 bits per heavy atom. The molecule has 0 aliphatic carbocycles. The highest BCUT2D eigenvalue weighted by Gasteiger charge is 2.24. The summed E-state index contributed by atoms with van der Waals surface area (Å²) in [5, 5.41) is 6.39. The molecule has 98 valence electrons. The molecule has 0 aromatic rings. The largest absolute Gasteiger partial charge is 0.376 e. The van der Waals surface area contributed by atoms with Gasteiger partial charge in [-0.05, 0) is 51.6 Å². The molecule has 2 saturated heterocycles. The van der Waals surface area contributed by atoms with Crippen LogP contribution in [0, 0.1) is 5.92 Å². The summed E-state index contributed by atoms with van der Waals surface area (Å²) in [7, 11) is 0. The number of ether oxygens (including phenoxy) is 1. The maximum absolute atomic E-state index is 11.8. The summed E-state index contributed by atoms with van der Waals surface area (Å²) in [6.45, 7) is 5.08. The molecule has 17 heavy (non-hydrogen) atoms. The van der Waals surface area contributed by atoms with E-state index in [1.807, 2.05) is 6.92 Å². The highest BCUT2D eigenvalue weighted by atomic mass is 16.5. The number of hydrogen-bond donors (Lipinski definition) is 2. The Balaban J connectivity index is 1.62. The van der Waals surface area contributed by atoms with Gasteiger partial charge in [-0.15, -0.1) is 0 Å². The van der Waals surface area contributed by atoms with E-state index in [0.29, 0.717) is 12.3 Å². The van der Waals surface area contributed by atoms with Gasteiger partial charge in [-0.25, -0.2) is 0 Å². The summed E-state index contributed by atoms with van der Waals surface area (Å²) in [5.74, 6) is 0.874. The second-order valence-corrected chi connectivity index (χ2v) is 5.31. The average Bonchev–Trinajstić information content (AvgIpc) is 2.99. The highest BCUT2D eigenvalue weighted by molar-refractivity contribution is 5.76. The molecule has 2 heterocycles. The van der Waals surface area contributed by atoms with Gasteiger partial charge in [0.25, 0.3) is 0 Å². The van der Waals surface area contributed by atoms with Gasteiger partial charge >= 0.3 is 0 Å². The molecule has 2 rings (SSSR count). The Morgan fingerprint density at radius 3 is 3.06 bits per heavy atom. The monoisotopic (exact) mass is 240 g/mol. The van der Waals surface area contributed by atoms with E-state index in [9.17, 15) is 4.79 Å². The average molecular weight is 240 g/mol. The first-order chi connectivity index (χ1) is 8.25. The molecule has 3 atom stereocenters. The topological polar surface area (TPSA) is 50.4 Å². The molecule has 3 unspecified atom stereocenters. The number of rotatable bonds is 5. The lowest BCUT2D eigenvalue weighted by atomic mass is 10.0. The second-order valence-electron chi connectivity index (χ2n) is 5.31. The third-order valence-corrected chi connectivity index (χ3v) is 3.85. The van der Waals surface area contributed by atoms with Gasteiger partial charge in [0.2, 0.25) is 5.91 Å². The standard InChI is InChI=1S/C13H24N2O2/c1-10(12-3-2-8-17-12)15-13(16)5-4-11-6-7-14-9-11/h10-12,14H,2-9H2,1H3,(H,15,16). The zero-order valence-electron chi connectivity index (χ0n) is 10.7. The van der Waals surface area contributed by atoms with Crippen molar-refractivity contribution in [1.82, 2.24) is 10.6 Å². The van der Waals surface area contributed by atoms with Crippen molar-refractivity contribution in [1.29, 1.82) is 0 Å². The molecule has 0 radical (unpaired) electrons. The summed E-state index contributed by atoms with van der Waals surface area (Å²) < 4.78 is 5.57. The van der Waals surface area contributed by atoms with E-state index in [1.165, 1.54) is 6.42 Å². The van der Waals surface area contributed by atoms with E-state index in [1.54, 1.807) is 0 Å². The second kappa shape index (κ2) is 6.36. The van der Waals surface area contributed by atoms with Crippen LogP contribution >= 0.6 is 0 Å². The lowest BCUT2D eigenvalue weighted by Crippen LogP contribution is -2.40. The van der Waals surface area contributed by atoms with E-state index in [0.717, 1.165) is 39.0 Å². The molecule has 2 fully saturated rings. The van der Waals surface area contributed by atoms with Gasteiger partial charge in [-0.2, -0.15) is 0 Å². The number of carbonyl (C=O) groups excluding carboxylic acids is 1. The minimum Gasteiger partial charge on any atom is -0.376 e. The summed E-state index contributed by atoms with van der Waals surface area (Å²) in [4.78, 5) is 11.8. The van der Waals surface area contributed by atoms with Crippen molar-refractivity contribution in [3.63, 3.8) is 0 Å². The fraction of sp³-hybridized carbons (Fsp3) is 0.923. The van der Waals surface area contributed by atoms with Crippen LogP contribution in [0.5, 0.6) is 0 Å². The Hall–Kier alpha value is -0.610. The molecule has 4 heteroatoms. The van der Waals surface area contributed by atoms with E-state index in [-0.39, 0.29) is 18.1 Å². The number of amides is 1. The van der Waals surface area contributed by atoms with Gasteiger partial charge in [0.1, 0.15) is 0 Å². The zero-order chi connectivity index (χ0) is 12.1. The molecule has 2 N–H and O–H groups in total. The number of nitrogens with one attached hydrogen (secondary N) is 2. The van der Waals surface area contributed by atoms with Crippen LogP contribution in [-0.4, -0.2) is 37.7 Å². The molecule has 0 aromatic heterocycles. The molecule has 0 bridgehead atoms. The van der Waals surface area contributed by atoms with Crippen molar-refractivity contribution in [3.8, 4) is 0 Å². The highest BCUT2D eigenvalue weighted by Crippen LogP contribution is 2.17. The molecule has 0 aromatic carbocycles. The predicted molar refractivity (Wildman–Crippen MR) is 66.8 cm³/mol. The Bertz CT molecular complexity index is 246. The van der Waals surface area contributed by atoms with E-state index in [2.05, 4.69) is 10.6 Å². The van der Waals surface area contributed by atoms with Crippen LogP contribution in [0.3, 0.4) is 0 Å². The molecule has 2 aliphatic heterocycles. The third kappa shape index (κ3) is 3.96. The predicted octanol–water partition coefficient (Wildman–Crippen LogP) is 1.06. The van der Waals surface area contributed by atoms with E-state index < -0.39 is 0 Å². The molecular weight excluding hydrogens is 216 g/mol. The van der Waals surface area contributed by atoms with Gasteiger partial charge < -0.3 is 15.4 Å². The Kier molecular flexibility index (Phi) is 4.80. The van der Waals surface area contributed by atoms with Crippen LogP contribution in [0.15, 0.2) is 0 Å². The fourth-order valence-corrected chi connectivity index (χ4v) is 2.71. The van der Waals surface area contributed by atoms with Crippen LogP contribution in [0.25, 0.3) is 0 Å². The van der Waals surface area contributed by atoms with Gasteiger partial charge in [0.15, 0.2) is 0 Å². The van der Waals surface area contributed by atoms with Gasteiger partial charge in [0, 0.05) is 13.0 Å². The fourth-order valence-electron chi connectivity index (χ4n) is 2.71. The SMILES string of the molecule is CC(NC(=O)CCC1CCNC1)C1CCCO1. The van der Waals surface area contributed by atoms with Crippen LogP contribution in [0.1, 0.15) is 39.0 Å². The van der Waals surface area contributed by atoms with Crippen LogP contribution in [0.2, 0.25) is 0 Å². The van der Waals surface area contributed by atoms with E-state index >= 15 is 0 Å². The van der Waals surface area contributed by atoms with Crippen molar-refractivity contribution >= 4 is 5.91 Å². The minimum absolute atomic E-state index is 0.159. The summed E-state index contributed by atoms with van der Waals surface area (Å²) in [5.41, 5.74) is 0. The maximum Gasteiger partial charge on any atom is 0.220 e. The molecule has 4 nitrogen and oxygen atoms in total. The van der Waals surface area contributed by atoms with Crippen LogP contribution in [-0.2, 0) is 9.53 Å². The smallest absolute Gasteiger partial charge is 0.220 e. The molecule has 0 saturated carbocycles. The molecular formula is C13H24N2O2.